The second-order valence-corrected chi connectivity index (χ2v) is 8.92. The van der Waals surface area contributed by atoms with Gasteiger partial charge in [0, 0.05) is 41.7 Å². The van der Waals surface area contributed by atoms with E-state index in [1.165, 1.54) is 0 Å². The zero-order valence-corrected chi connectivity index (χ0v) is 18.1. The third-order valence-electron chi connectivity index (χ3n) is 6.21. The highest BCUT2D eigenvalue weighted by molar-refractivity contribution is 7.16. The Kier molecular flexibility index (Phi) is 4.34. The second kappa shape index (κ2) is 7.25. The van der Waals surface area contributed by atoms with Gasteiger partial charge in [-0.1, -0.05) is 18.2 Å². The molecule has 8 nitrogen and oxygen atoms in total. The summed E-state index contributed by atoms with van der Waals surface area (Å²) in [6.07, 6.45) is 2.78. The molecule has 2 amide bonds. The van der Waals surface area contributed by atoms with Crippen molar-refractivity contribution in [3.05, 3.63) is 53.2 Å². The van der Waals surface area contributed by atoms with Crippen molar-refractivity contribution in [3.63, 3.8) is 0 Å². The summed E-state index contributed by atoms with van der Waals surface area (Å²) in [6, 6.07) is 9.94. The SMILES string of the molecule is CNC1CCN(c2nc(C3=C(c4c[nH]c5sccc45)C(=O)NC3=O)c3ccccc3n2)C1. The largest absolute Gasteiger partial charge is 0.352 e. The number of hydrogen-bond donors (Lipinski definition) is 3. The maximum Gasteiger partial charge on any atom is 0.261 e. The first kappa shape index (κ1) is 19.1. The molecule has 1 fully saturated rings. The Morgan fingerprint density at radius 3 is 2.78 bits per heavy atom. The summed E-state index contributed by atoms with van der Waals surface area (Å²) in [6.45, 7) is 1.62. The molecule has 1 unspecified atom stereocenters. The van der Waals surface area contributed by atoms with Gasteiger partial charge in [-0.05, 0) is 31.0 Å². The molecule has 0 saturated carbocycles. The second-order valence-electron chi connectivity index (χ2n) is 8.01. The molecule has 1 atom stereocenters. The van der Waals surface area contributed by atoms with E-state index in [4.69, 9.17) is 9.97 Å². The maximum atomic E-state index is 13.1. The normalized spacial score (nSPS) is 19.0. The first-order valence-corrected chi connectivity index (χ1v) is 11.4. The van der Waals surface area contributed by atoms with E-state index in [1.807, 2.05) is 42.8 Å². The van der Waals surface area contributed by atoms with Crippen molar-refractivity contribution in [1.82, 2.24) is 25.6 Å². The van der Waals surface area contributed by atoms with Crippen LogP contribution in [-0.2, 0) is 9.59 Å². The monoisotopic (exact) mass is 444 g/mol. The lowest BCUT2D eigenvalue weighted by atomic mass is 9.97. The number of carbonyl (C=O) groups excluding carboxylic acids is 2. The number of amides is 2. The van der Waals surface area contributed by atoms with E-state index in [0.29, 0.717) is 34.4 Å². The highest BCUT2D eigenvalue weighted by Gasteiger charge is 2.36. The Morgan fingerprint density at radius 1 is 1.09 bits per heavy atom. The van der Waals surface area contributed by atoms with Crippen molar-refractivity contribution in [2.75, 3.05) is 25.0 Å². The molecular formula is C23H20N6O2S. The quantitative estimate of drug-likeness (QED) is 0.418. The number of aromatic nitrogens is 3. The highest BCUT2D eigenvalue weighted by Crippen LogP contribution is 2.38. The van der Waals surface area contributed by atoms with Gasteiger partial charge in [-0.25, -0.2) is 9.97 Å². The van der Waals surface area contributed by atoms with Gasteiger partial charge in [0.05, 0.1) is 22.4 Å². The Hall–Kier alpha value is -3.56. The van der Waals surface area contributed by atoms with Crippen molar-refractivity contribution >= 4 is 61.4 Å². The molecule has 4 aromatic rings. The number of likely N-dealkylation sites (N-methyl/N-ethyl adjacent to an activating group) is 1. The van der Waals surface area contributed by atoms with Gasteiger partial charge in [0.25, 0.3) is 11.8 Å². The minimum Gasteiger partial charge on any atom is -0.352 e. The van der Waals surface area contributed by atoms with Crippen molar-refractivity contribution in [3.8, 4) is 0 Å². The molecular weight excluding hydrogens is 424 g/mol. The molecule has 2 aliphatic heterocycles. The molecule has 1 aromatic carbocycles. The summed E-state index contributed by atoms with van der Waals surface area (Å²) in [7, 11) is 1.95. The fraction of sp³-hybridized carbons (Fsp3) is 0.217. The van der Waals surface area contributed by atoms with Crippen LogP contribution in [0.2, 0.25) is 0 Å². The lowest BCUT2D eigenvalue weighted by molar-refractivity contribution is -0.122. The van der Waals surface area contributed by atoms with Gasteiger partial charge in [-0.2, -0.15) is 0 Å². The Balaban J connectivity index is 1.60. The van der Waals surface area contributed by atoms with Crippen LogP contribution in [0.15, 0.2) is 41.9 Å². The molecule has 0 spiro atoms. The smallest absolute Gasteiger partial charge is 0.261 e. The zero-order valence-electron chi connectivity index (χ0n) is 17.3. The standard InChI is InChI=1S/C23H20N6O2S/c1-24-12-6-8-29(11-12)23-26-16-5-3-2-4-14(16)19(27-23)18-17(20(30)28-21(18)31)15-10-25-22-13(15)7-9-32-22/h2-5,7,9-10,12,24-25H,6,8,11H2,1H3,(H,28,30,31). The van der Waals surface area contributed by atoms with Crippen molar-refractivity contribution < 1.29 is 9.59 Å². The number of nitrogens with zero attached hydrogens (tertiary/aromatic N) is 3. The first-order chi connectivity index (χ1) is 15.6. The van der Waals surface area contributed by atoms with Crippen LogP contribution in [0.4, 0.5) is 5.95 Å². The summed E-state index contributed by atoms with van der Waals surface area (Å²) < 4.78 is 0. The van der Waals surface area contributed by atoms with E-state index in [2.05, 4.69) is 20.5 Å². The van der Waals surface area contributed by atoms with Crippen LogP contribution in [0.1, 0.15) is 17.7 Å². The fourth-order valence-electron chi connectivity index (χ4n) is 4.57. The lowest BCUT2D eigenvalue weighted by Crippen LogP contribution is -2.30. The molecule has 5 heterocycles. The van der Waals surface area contributed by atoms with Gasteiger partial charge in [-0.3, -0.25) is 14.9 Å². The molecule has 2 aliphatic rings. The molecule has 3 N–H and O–H groups in total. The molecule has 32 heavy (non-hydrogen) atoms. The maximum absolute atomic E-state index is 13.1. The number of fused-ring (bicyclic) bond motifs is 2. The number of carbonyl (C=O) groups is 2. The Labute approximate surface area is 187 Å². The van der Waals surface area contributed by atoms with Gasteiger partial charge < -0.3 is 15.2 Å². The van der Waals surface area contributed by atoms with Crippen LogP contribution in [0.5, 0.6) is 0 Å². The topological polar surface area (TPSA) is 103 Å². The Bertz CT molecular complexity index is 1430. The third-order valence-corrected chi connectivity index (χ3v) is 7.06. The van der Waals surface area contributed by atoms with Gasteiger partial charge in [-0.15, -0.1) is 11.3 Å². The number of rotatable bonds is 4. The van der Waals surface area contributed by atoms with E-state index in [1.54, 1.807) is 17.5 Å². The van der Waals surface area contributed by atoms with Gasteiger partial charge in [0.2, 0.25) is 5.95 Å². The van der Waals surface area contributed by atoms with Crippen molar-refractivity contribution in [1.29, 1.82) is 0 Å². The summed E-state index contributed by atoms with van der Waals surface area (Å²) in [5.41, 5.74) is 2.59. The van der Waals surface area contributed by atoms with E-state index in [9.17, 15) is 9.59 Å². The van der Waals surface area contributed by atoms with Gasteiger partial charge in [0.1, 0.15) is 4.83 Å². The molecule has 0 aliphatic carbocycles. The van der Waals surface area contributed by atoms with Crippen LogP contribution in [0.3, 0.4) is 0 Å². The summed E-state index contributed by atoms with van der Waals surface area (Å²) in [5, 5.41) is 9.42. The van der Waals surface area contributed by atoms with E-state index in [-0.39, 0.29) is 0 Å². The zero-order chi connectivity index (χ0) is 21.8. The predicted octanol–water partition coefficient (Wildman–Crippen LogP) is 2.54. The minimum absolute atomic E-state index is 0.298. The minimum atomic E-state index is -0.432. The average molecular weight is 445 g/mol. The highest BCUT2D eigenvalue weighted by atomic mass is 32.1. The van der Waals surface area contributed by atoms with E-state index in [0.717, 1.165) is 40.6 Å². The number of anilines is 1. The molecule has 3 aromatic heterocycles. The number of imide groups is 1. The number of nitrogens with one attached hydrogen (secondary N) is 3. The molecule has 6 rings (SSSR count). The first-order valence-electron chi connectivity index (χ1n) is 10.5. The third kappa shape index (κ3) is 2.85. The van der Waals surface area contributed by atoms with Gasteiger partial charge in [0.15, 0.2) is 0 Å². The number of H-pyrrole nitrogens is 1. The van der Waals surface area contributed by atoms with Crippen molar-refractivity contribution in [2.45, 2.75) is 12.5 Å². The molecule has 0 bridgehead atoms. The fourth-order valence-corrected chi connectivity index (χ4v) is 5.34. The van der Waals surface area contributed by atoms with Crippen LogP contribution >= 0.6 is 11.3 Å². The summed E-state index contributed by atoms with van der Waals surface area (Å²) in [5.74, 6) is -0.262. The molecule has 0 radical (unpaired) electrons. The molecule has 9 heteroatoms. The number of thiophene rings is 1. The van der Waals surface area contributed by atoms with Crippen LogP contribution in [0, 0.1) is 0 Å². The Morgan fingerprint density at radius 2 is 1.94 bits per heavy atom. The summed E-state index contributed by atoms with van der Waals surface area (Å²) in [4.78, 5) is 41.9. The lowest BCUT2D eigenvalue weighted by Gasteiger charge is -2.18. The summed E-state index contributed by atoms with van der Waals surface area (Å²) >= 11 is 1.56. The number of hydrogen-bond acceptors (Lipinski definition) is 7. The van der Waals surface area contributed by atoms with Crippen LogP contribution in [-0.4, -0.2) is 52.9 Å². The molecule has 160 valence electrons. The van der Waals surface area contributed by atoms with E-state index < -0.39 is 11.8 Å². The van der Waals surface area contributed by atoms with Crippen LogP contribution < -0.4 is 15.5 Å². The van der Waals surface area contributed by atoms with E-state index >= 15 is 0 Å². The molecule has 1 saturated heterocycles. The van der Waals surface area contributed by atoms with Crippen molar-refractivity contribution in [2.24, 2.45) is 0 Å². The number of aromatic amines is 1. The number of benzene rings is 1. The van der Waals surface area contributed by atoms with Gasteiger partial charge >= 0.3 is 0 Å². The van der Waals surface area contributed by atoms with Crippen LogP contribution in [0.25, 0.3) is 32.3 Å². The predicted molar refractivity (Wildman–Crippen MR) is 125 cm³/mol. The average Bonchev–Trinajstić information content (AvgIpc) is 3.57. The number of para-hydroxylation sites is 1.